The van der Waals surface area contributed by atoms with E-state index < -0.39 is 17.8 Å². The molecule has 2 aromatic rings. The molecule has 1 aromatic heterocycles. The van der Waals surface area contributed by atoms with Crippen molar-refractivity contribution < 1.29 is 33.0 Å². The molecule has 0 spiro atoms. The maximum Gasteiger partial charge on any atom is 0.342 e. The first-order valence-electron chi connectivity index (χ1n) is 8.63. The van der Waals surface area contributed by atoms with Crippen LogP contribution in [0.15, 0.2) is 28.7 Å². The van der Waals surface area contributed by atoms with Gasteiger partial charge < -0.3 is 24.4 Å². The van der Waals surface area contributed by atoms with E-state index in [0.29, 0.717) is 17.1 Å². The van der Waals surface area contributed by atoms with Crippen LogP contribution >= 0.6 is 0 Å². The molecule has 1 aromatic carbocycles. The normalized spacial score (nSPS) is 10.6. The van der Waals surface area contributed by atoms with Crippen LogP contribution < -0.4 is 20.5 Å². The lowest BCUT2D eigenvalue weighted by molar-refractivity contribution is -0.111. The molecule has 3 N–H and O–H groups in total. The summed E-state index contributed by atoms with van der Waals surface area (Å²) in [5.41, 5.74) is 5.68. The molecule has 0 unspecified atom stereocenters. The molecule has 0 aliphatic carbocycles. The van der Waals surface area contributed by atoms with Crippen molar-refractivity contribution in [3.8, 4) is 11.5 Å². The molecule has 2 amide bonds. The molecule has 0 saturated carbocycles. The van der Waals surface area contributed by atoms with Crippen molar-refractivity contribution in [1.82, 2.24) is 0 Å². The molecule has 2 rings (SSSR count). The second-order valence-electron chi connectivity index (χ2n) is 5.76. The molecular formula is C20H22N2O7. The van der Waals surface area contributed by atoms with Crippen molar-refractivity contribution in [2.24, 2.45) is 5.73 Å². The van der Waals surface area contributed by atoms with Crippen LogP contribution in [0.4, 0.5) is 5.88 Å². The smallest absolute Gasteiger partial charge is 0.342 e. The van der Waals surface area contributed by atoms with E-state index in [1.165, 1.54) is 33.3 Å². The Hall–Kier alpha value is -3.75. The van der Waals surface area contributed by atoms with Gasteiger partial charge in [0.25, 0.3) is 11.8 Å². The fraction of sp³-hybridized carbons (Fsp3) is 0.250. The molecular weight excluding hydrogens is 380 g/mol. The Morgan fingerprint density at radius 1 is 1.14 bits per heavy atom. The number of amides is 2. The van der Waals surface area contributed by atoms with Crippen molar-refractivity contribution in [2.45, 2.75) is 13.8 Å². The lowest BCUT2D eigenvalue weighted by Crippen LogP contribution is -2.19. The van der Waals surface area contributed by atoms with E-state index in [9.17, 15) is 14.4 Å². The summed E-state index contributed by atoms with van der Waals surface area (Å²) >= 11 is 0. The standard InChI is InChI=1S/C20H22N2O7/c1-5-28-20(25)16-11(2)29-19(17(16)18(21)24)22-15(23)9-7-12-6-8-13(26-3)14(10-12)27-4/h6-10H,5H2,1-4H3,(H2,21,24)(H,22,23)/b9-7+. The number of esters is 1. The fourth-order valence-corrected chi connectivity index (χ4v) is 2.60. The highest BCUT2D eigenvalue weighted by molar-refractivity contribution is 6.12. The minimum Gasteiger partial charge on any atom is -0.493 e. The maximum absolute atomic E-state index is 12.3. The number of ether oxygens (including phenoxy) is 3. The first-order chi connectivity index (χ1) is 13.8. The number of carbonyl (C=O) groups excluding carboxylic acids is 3. The van der Waals surface area contributed by atoms with E-state index in [1.54, 1.807) is 25.1 Å². The predicted octanol–water partition coefficient (Wildman–Crippen LogP) is 2.53. The lowest BCUT2D eigenvalue weighted by atomic mass is 10.1. The van der Waals surface area contributed by atoms with Crippen LogP contribution in [0.5, 0.6) is 11.5 Å². The number of aryl methyl sites for hydroxylation is 1. The summed E-state index contributed by atoms with van der Waals surface area (Å²) in [7, 11) is 3.02. The number of anilines is 1. The van der Waals surface area contributed by atoms with E-state index in [1.807, 2.05) is 0 Å². The number of methoxy groups -OCH3 is 2. The quantitative estimate of drug-likeness (QED) is 0.512. The molecule has 154 valence electrons. The Morgan fingerprint density at radius 2 is 1.83 bits per heavy atom. The van der Waals surface area contributed by atoms with E-state index in [-0.39, 0.29) is 29.4 Å². The molecule has 29 heavy (non-hydrogen) atoms. The van der Waals surface area contributed by atoms with Crippen LogP contribution in [0.2, 0.25) is 0 Å². The molecule has 0 radical (unpaired) electrons. The predicted molar refractivity (Wildman–Crippen MR) is 105 cm³/mol. The zero-order chi connectivity index (χ0) is 21.6. The van der Waals surface area contributed by atoms with Crippen LogP contribution in [-0.2, 0) is 9.53 Å². The van der Waals surface area contributed by atoms with Crippen molar-refractivity contribution in [3.63, 3.8) is 0 Å². The van der Waals surface area contributed by atoms with Crippen LogP contribution in [-0.4, -0.2) is 38.6 Å². The van der Waals surface area contributed by atoms with Crippen LogP contribution in [0.3, 0.4) is 0 Å². The van der Waals surface area contributed by atoms with E-state index in [2.05, 4.69) is 5.32 Å². The highest BCUT2D eigenvalue weighted by Crippen LogP contribution is 2.29. The number of nitrogens with one attached hydrogen (secondary N) is 1. The minimum absolute atomic E-state index is 0.108. The molecule has 9 heteroatoms. The zero-order valence-corrected chi connectivity index (χ0v) is 16.5. The Labute approximate surface area is 167 Å². The summed E-state index contributed by atoms with van der Waals surface area (Å²) in [5, 5.41) is 2.41. The van der Waals surface area contributed by atoms with Crippen LogP contribution in [0, 0.1) is 6.92 Å². The van der Waals surface area contributed by atoms with Crippen molar-refractivity contribution in [1.29, 1.82) is 0 Å². The second-order valence-corrected chi connectivity index (χ2v) is 5.76. The SMILES string of the molecule is CCOC(=O)c1c(C)oc(NC(=O)/C=C/c2ccc(OC)c(OC)c2)c1C(N)=O. The van der Waals surface area contributed by atoms with Gasteiger partial charge in [0.2, 0.25) is 5.88 Å². The molecule has 0 saturated heterocycles. The highest BCUT2D eigenvalue weighted by Gasteiger charge is 2.28. The molecule has 9 nitrogen and oxygen atoms in total. The van der Waals surface area contributed by atoms with Crippen LogP contribution in [0.1, 0.15) is 39.0 Å². The van der Waals surface area contributed by atoms with Gasteiger partial charge in [0.05, 0.1) is 20.8 Å². The van der Waals surface area contributed by atoms with Crippen molar-refractivity contribution >= 4 is 29.7 Å². The Kier molecular flexibility index (Phi) is 7.02. The Morgan fingerprint density at radius 3 is 2.41 bits per heavy atom. The van der Waals surface area contributed by atoms with Gasteiger partial charge in [-0.2, -0.15) is 0 Å². The highest BCUT2D eigenvalue weighted by atomic mass is 16.5. The first kappa shape index (κ1) is 21.5. The number of carbonyl (C=O) groups is 3. The van der Waals surface area contributed by atoms with E-state index in [4.69, 9.17) is 24.4 Å². The topological polar surface area (TPSA) is 130 Å². The summed E-state index contributed by atoms with van der Waals surface area (Å²) < 4.78 is 20.6. The summed E-state index contributed by atoms with van der Waals surface area (Å²) in [4.78, 5) is 36.2. The number of hydrogen-bond donors (Lipinski definition) is 2. The van der Waals surface area contributed by atoms with Crippen LogP contribution in [0.25, 0.3) is 6.08 Å². The number of rotatable bonds is 8. The van der Waals surface area contributed by atoms with Gasteiger partial charge in [-0.25, -0.2) is 4.79 Å². The third-order valence-corrected chi connectivity index (χ3v) is 3.88. The number of benzene rings is 1. The molecule has 1 heterocycles. The number of hydrogen-bond acceptors (Lipinski definition) is 7. The first-order valence-corrected chi connectivity index (χ1v) is 8.63. The number of nitrogens with two attached hydrogens (primary N) is 1. The van der Waals surface area contributed by atoms with Crippen molar-refractivity contribution in [2.75, 3.05) is 26.1 Å². The third-order valence-electron chi connectivity index (χ3n) is 3.88. The summed E-state index contributed by atoms with van der Waals surface area (Å²) in [6, 6.07) is 5.12. The summed E-state index contributed by atoms with van der Waals surface area (Å²) in [6.07, 6.45) is 2.76. The van der Waals surface area contributed by atoms with E-state index >= 15 is 0 Å². The Balaban J connectivity index is 2.25. The largest absolute Gasteiger partial charge is 0.493 e. The number of furan rings is 1. The second kappa shape index (κ2) is 9.45. The minimum atomic E-state index is -0.927. The zero-order valence-electron chi connectivity index (χ0n) is 16.5. The van der Waals surface area contributed by atoms with Gasteiger partial charge in [-0.1, -0.05) is 6.07 Å². The van der Waals surface area contributed by atoms with Gasteiger partial charge in [0, 0.05) is 6.08 Å². The van der Waals surface area contributed by atoms with Gasteiger partial charge >= 0.3 is 5.97 Å². The van der Waals surface area contributed by atoms with Gasteiger partial charge in [-0.3, -0.25) is 14.9 Å². The van der Waals surface area contributed by atoms with Gasteiger partial charge in [-0.15, -0.1) is 0 Å². The molecule has 0 aliphatic rings. The van der Waals surface area contributed by atoms with Gasteiger partial charge in [0.1, 0.15) is 16.9 Å². The average molecular weight is 402 g/mol. The fourth-order valence-electron chi connectivity index (χ4n) is 2.60. The van der Waals surface area contributed by atoms with Gasteiger partial charge in [-0.05, 0) is 37.6 Å². The average Bonchev–Trinajstić information content (AvgIpc) is 3.02. The molecule has 0 bridgehead atoms. The summed E-state index contributed by atoms with van der Waals surface area (Å²) in [5.74, 6) is -1.33. The van der Waals surface area contributed by atoms with E-state index in [0.717, 1.165) is 0 Å². The Bertz CT molecular complexity index is 960. The molecule has 0 atom stereocenters. The van der Waals surface area contributed by atoms with Gasteiger partial charge in [0.15, 0.2) is 11.5 Å². The monoisotopic (exact) mass is 402 g/mol. The lowest BCUT2D eigenvalue weighted by Gasteiger charge is -2.07. The molecule has 0 aliphatic heterocycles. The maximum atomic E-state index is 12.3. The van der Waals surface area contributed by atoms with Crippen molar-refractivity contribution in [3.05, 3.63) is 46.7 Å². The summed E-state index contributed by atoms with van der Waals surface area (Å²) in [6.45, 7) is 3.20. The number of primary amides is 1. The molecule has 0 fully saturated rings. The third kappa shape index (κ3) is 4.95.